The van der Waals surface area contributed by atoms with Crippen molar-refractivity contribution in [3.63, 3.8) is 0 Å². The van der Waals surface area contributed by atoms with Gasteiger partial charge in [-0.05, 0) is 88.9 Å². The summed E-state index contributed by atoms with van der Waals surface area (Å²) in [6.45, 7) is 3.49. The first-order valence-electron chi connectivity index (χ1n) is 10.9. The number of benzene rings is 3. The van der Waals surface area contributed by atoms with Crippen LogP contribution in [0.25, 0.3) is 5.69 Å². The Morgan fingerprint density at radius 3 is 2.46 bits per heavy atom. The lowest BCUT2D eigenvalue weighted by Gasteiger charge is -2.15. The predicted octanol–water partition coefficient (Wildman–Crippen LogP) is 5.11. The van der Waals surface area contributed by atoms with Gasteiger partial charge in [-0.15, -0.1) is 0 Å². The van der Waals surface area contributed by atoms with Gasteiger partial charge in [-0.25, -0.2) is 9.59 Å². The number of H-pyrrole nitrogens is 1. The monoisotopic (exact) mass is 585 g/mol. The highest BCUT2D eigenvalue weighted by atomic mass is 79.9. The summed E-state index contributed by atoms with van der Waals surface area (Å²) < 4.78 is 18.2. The Morgan fingerprint density at radius 2 is 1.81 bits per heavy atom. The SMILES string of the molecule is COc1ccc(Oc2c(C)cc(-n3nc(C(=O)OCc4cccc(Cl)c4)c(=O)[nH]c3=O)cc2C)cc1Br. The van der Waals surface area contributed by atoms with Crippen molar-refractivity contribution in [3.05, 3.63) is 107 Å². The summed E-state index contributed by atoms with van der Waals surface area (Å²) in [6.07, 6.45) is 0. The van der Waals surface area contributed by atoms with Crippen LogP contribution in [0.15, 0.2) is 68.7 Å². The molecule has 0 bridgehead atoms. The number of nitrogens with one attached hydrogen (secondary N) is 1. The molecule has 0 radical (unpaired) electrons. The average Bonchev–Trinajstić information content (AvgIpc) is 2.85. The highest BCUT2D eigenvalue weighted by molar-refractivity contribution is 9.10. The zero-order chi connectivity index (χ0) is 26.7. The van der Waals surface area contributed by atoms with Gasteiger partial charge in [-0.3, -0.25) is 9.78 Å². The fourth-order valence-electron chi connectivity index (χ4n) is 3.59. The number of methoxy groups -OCH3 is 1. The summed E-state index contributed by atoms with van der Waals surface area (Å²) in [6, 6.07) is 15.4. The number of aromatic nitrogens is 3. The second kappa shape index (κ2) is 11.0. The van der Waals surface area contributed by atoms with Crippen LogP contribution in [0.2, 0.25) is 5.02 Å². The molecule has 1 N–H and O–H groups in total. The zero-order valence-corrected chi connectivity index (χ0v) is 22.3. The van der Waals surface area contributed by atoms with Crippen LogP contribution in [-0.2, 0) is 11.3 Å². The Morgan fingerprint density at radius 1 is 1.08 bits per heavy atom. The van der Waals surface area contributed by atoms with E-state index in [1.54, 1.807) is 75.6 Å². The Labute approximate surface area is 224 Å². The average molecular weight is 587 g/mol. The standard InChI is InChI=1S/C26H21BrClN3O6/c1-14-9-18(10-15(2)23(14)37-19-7-8-21(35-3)20(27)12-19)31-26(34)29-24(32)22(30-31)25(33)36-13-16-5-4-6-17(28)11-16/h4-12H,13H2,1-3H3,(H,29,32,34). The number of nitrogens with zero attached hydrogens (tertiary/aromatic N) is 2. The number of hydrogen-bond donors (Lipinski definition) is 1. The van der Waals surface area contributed by atoms with Crippen molar-refractivity contribution in [2.24, 2.45) is 0 Å². The van der Waals surface area contributed by atoms with Gasteiger partial charge in [0.25, 0.3) is 5.56 Å². The van der Waals surface area contributed by atoms with Crippen LogP contribution in [0.4, 0.5) is 0 Å². The maximum Gasteiger partial charge on any atom is 0.364 e. The summed E-state index contributed by atoms with van der Waals surface area (Å²) in [5.74, 6) is 0.852. The Bertz CT molecular complexity index is 1590. The molecule has 37 heavy (non-hydrogen) atoms. The minimum absolute atomic E-state index is 0.120. The number of carbonyl (C=O) groups excluding carboxylic acids is 1. The van der Waals surface area contributed by atoms with Crippen LogP contribution in [-0.4, -0.2) is 27.8 Å². The maximum atomic E-state index is 12.6. The first-order valence-corrected chi connectivity index (χ1v) is 12.1. The molecule has 0 atom stereocenters. The molecule has 0 saturated heterocycles. The third-order valence-corrected chi connectivity index (χ3v) is 6.17. The molecule has 0 amide bonds. The molecule has 9 nitrogen and oxygen atoms in total. The van der Waals surface area contributed by atoms with Gasteiger partial charge in [0.15, 0.2) is 0 Å². The van der Waals surface area contributed by atoms with Crippen LogP contribution in [0.5, 0.6) is 17.2 Å². The lowest BCUT2D eigenvalue weighted by Crippen LogP contribution is -2.36. The lowest BCUT2D eigenvalue weighted by atomic mass is 10.1. The van der Waals surface area contributed by atoms with E-state index in [0.717, 1.165) is 9.15 Å². The van der Waals surface area contributed by atoms with Gasteiger partial charge < -0.3 is 14.2 Å². The van der Waals surface area contributed by atoms with Crippen LogP contribution in [0.3, 0.4) is 0 Å². The molecular weight excluding hydrogens is 566 g/mol. The smallest absolute Gasteiger partial charge is 0.364 e. The van der Waals surface area contributed by atoms with E-state index in [0.29, 0.717) is 44.6 Å². The number of aryl methyl sites for hydroxylation is 2. The summed E-state index contributed by atoms with van der Waals surface area (Å²) in [5.41, 5.74) is 0.0673. The number of esters is 1. The van der Waals surface area contributed by atoms with E-state index in [1.807, 2.05) is 0 Å². The van der Waals surface area contributed by atoms with E-state index in [2.05, 4.69) is 26.0 Å². The lowest BCUT2D eigenvalue weighted by molar-refractivity contribution is 0.0460. The van der Waals surface area contributed by atoms with Crippen molar-refractivity contribution in [2.45, 2.75) is 20.5 Å². The Kier molecular flexibility index (Phi) is 7.80. The van der Waals surface area contributed by atoms with E-state index in [9.17, 15) is 14.4 Å². The highest BCUT2D eigenvalue weighted by Gasteiger charge is 2.19. The highest BCUT2D eigenvalue weighted by Crippen LogP contribution is 2.34. The van der Waals surface area contributed by atoms with Crippen molar-refractivity contribution in [3.8, 4) is 22.9 Å². The third kappa shape index (κ3) is 5.92. The van der Waals surface area contributed by atoms with Gasteiger partial charge in [0, 0.05) is 5.02 Å². The van der Waals surface area contributed by atoms with E-state index >= 15 is 0 Å². The third-order valence-electron chi connectivity index (χ3n) is 5.31. The summed E-state index contributed by atoms with van der Waals surface area (Å²) >= 11 is 9.38. The molecular formula is C26H21BrClN3O6. The van der Waals surface area contributed by atoms with E-state index in [1.165, 1.54) is 0 Å². The van der Waals surface area contributed by atoms with Gasteiger partial charge >= 0.3 is 11.7 Å². The van der Waals surface area contributed by atoms with Gasteiger partial charge in [-0.1, -0.05) is 23.7 Å². The molecule has 0 saturated carbocycles. The molecule has 0 spiro atoms. The van der Waals surface area contributed by atoms with Crippen LogP contribution in [0.1, 0.15) is 27.2 Å². The molecule has 0 aliphatic carbocycles. The first-order chi connectivity index (χ1) is 17.7. The number of halogens is 2. The maximum absolute atomic E-state index is 12.6. The van der Waals surface area contributed by atoms with Crippen LogP contribution >= 0.6 is 27.5 Å². The normalized spacial score (nSPS) is 10.7. The molecule has 190 valence electrons. The Hall–Kier alpha value is -3.89. The number of ether oxygens (including phenoxy) is 3. The molecule has 0 aliphatic heterocycles. The van der Waals surface area contributed by atoms with Crippen molar-refractivity contribution in [1.82, 2.24) is 14.8 Å². The molecule has 3 aromatic carbocycles. The largest absolute Gasteiger partial charge is 0.496 e. The van der Waals surface area contributed by atoms with Gasteiger partial charge in [0.05, 0.1) is 17.3 Å². The van der Waals surface area contributed by atoms with Gasteiger partial charge in [0.1, 0.15) is 23.9 Å². The summed E-state index contributed by atoms with van der Waals surface area (Å²) in [4.78, 5) is 39.6. The molecule has 1 heterocycles. The van der Waals surface area contributed by atoms with Gasteiger partial charge in [-0.2, -0.15) is 9.78 Å². The summed E-state index contributed by atoms with van der Waals surface area (Å²) in [5, 5.41) is 4.48. The summed E-state index contributed by atoms with van der Waals surface area (Å²) in [7, 11) is 1.57. The quantitative estimate of drug-likeness (QED) is 0.300. The van der Waals surface area contributed by atoms with Crippen molar-refractivity contribution >= 4 is 33.5 Å². The van der Waals surface area contributed by atoms with Crippen molar-refractivity contribution < 1.29 is 19.0 Å². The second-order valence-corrected chi connectivity index (χ2v) is 9.32. The van der Waals surface area contributed by atoms with Crippen molar-refractivity contribution in [1.29, 1.82) is 0 Å². The van der Waals surface area contributed by atoms with E-state index in [4.69, 9.17) is 25.8 Å². The number of carbonyl (C=O) groups is 1. The van der Waals surface area contributed by atoms with Crippen LogP contribution < -0.4 is 20.7 Å². The molecule has 0 fully saturated rings. The van der Waals surface area contributed by atoms with Gasteiger partial charge in [0.2, 0.25) is 5.69 Å². The fourth-order valence-corrected chi connectivity index (χ4v) is 4.32. The molecule has 11 heteroatoms. The number of hydrogen-bond acceptors (Lipinski definition) is 7. The molecule has 1 aromatic heterocycles. The fraction of sp³-hybridized carbons (Fsp3) is 0.154. The minimum atomic E-state index is -0.978. The number of aromatic amines is 1. The van der Waals surface area contributed by atoms with E-state index in [-0.39, 0.29) is 6.61 Å². The van der Waals surface area contributed by atoms with Crippen molar-refractivity contribution in [2.75, 3.05) is 7.11 Å². The molecule has 0 unspecified atom stereocenters. The molecule has 0 aliphatic rings. The molecule has 4 rings (SSSR count). The predicted molar refractivity (Wildman–Crippen MR) is 141 cm³/mol. The first kappa shape index (κ1) is 26.2. The second-order valence-electron chi connectivity index (χ2n) is 8.03. The zero-order valence-electron chi connectivity index (χ0n) is 20.0. The topological polar surface area (TPSA) is 113 Å². The molecule has 4 aromatic rings. The van der Waals surface area contributed by atoms with Crippen LogP contribution in [0, 0.1) is 13.8 Å². The van der Waals surface area contributed by atoms with E-state index < -0.39 is 22.9 Å². The minimum Gasteiger partial charge on any atom is -0.496 e. The Balaban J connectivity index is 1.62. The number of rotatable bonds is 7.